The molecule has 4 nitrogen and oxygen atoms in total. The van der Waals surface area contributed by atoms with Crippen molar-refractivity contribution in [3.05, 3.63) is 0 Å². The molecule has 3 N–H and O–H groups in total. The van der Waals surface area contributed by atoms with Crippen molar-refractivity contribution in [1.29, 1.82) is 0 Å². The zero-order valence-corrected chi connectivity index (χ0v) is 4.60. The van der Waals surface area contributed by atoms with E-state index < -0.39 is 5.72 Å². The molecule has 0 aromatic carbocycles. The molecule has 8 heavy (non-hydrogen) atoms. The minimum absolute atomic E-state index is 0.236. The number of hydrogen-bond donors (Lipinski definition) is 2. The molecule has 0 spiro atoms. The summed E-state index contributed by atoms with van der Waals surface area (Å²) in [5.74, 6) is -0.236. The molecule has 1 heterocycles. The van der Waals surface area contributed by atoms with Gasteiger partial charge in [0.2, 0.25) is 5.72 Å². The summed E-state index contributed by atoms with van der Waals surface area (Å²) >= 11 is 0. The fourth-order valence-corrected chi connectivity index (χ4v) is 0.500. The van der Waals surface area contributed by atoms with Crippen LogP contribution in [0.4, 0.5) is 0 Å². The Morgan fingerprint density at radius 2 is 2.62 bits per heavy atom. The van der Waals surface area contributed by atoms with E-state index in [1.165, 1.54) is 7.11 Å². The molecule has 1 aliphatic heterocycles. The number of carbonyl (C=O) groups excluding carboxylic acids is 1. The van der Waals surface area contributed by atoms with Gasteiger partial charge < -0.3 is 10.1 Å². The van der Waals surface area contributed by atoms with Crippen LogP contribution in [0, 0.1) is 0 Å². The Hall–Kier alpha value is -0.610. The van der Waals surface area contributed by atoms with Crippen molar-refractivity contribution >= 4 is 5.91 Å². The van der Waals surface area contributed by atoms with E-state index in [-0.39, 0.29) is 5.91 Å². The van der Waals surface area contributed by atoms with Crippen molar-refractivity contribution < 1.29 is 9.53 Å². The van der Waals surface area contributed by atoms with Gasteiger partial charge in [0.25, 0.3) is 5.91 Å². The molecular formula is C4H8N2O2. The molecule has 1 rings (SSSR count). The van der Waals surface area contributed by atoms with Crippen LogP contribution in [0.1, 0.15) is 0 Å². The number of amides is 1. The third-order valence-electron chi connectivity index (χ3n) is 1.26. The highest BCUT2D eigenvalue weighted by molar-refractivity contribution is 5.90. The monoisotopic (exact) mass is 116 g/mol. The van der Waals surface area contributed by atoms with E-state index >= 15 is 0 Å². The van der Waals surface area contributed by atoms with Gasteiger partial charge in [-0.3, -0.25) is 10.5 Å². The van der Waals surface area contributed by atoms with Crippen molar-refractivity contribution in [1.82, 2.24) is 5.32 Å². The lowest BCUT2D eigenvalue weighted by Gasteiger charge is -2.34. The minimum Gasteiger partial charge on any atom is -0.354 e. The summed E-state index contributed by atoms with van der Waals surface area (Å²) in [4.78, 5) is 10.4. The Morgan fingerprint density at radius 3 is 2.62 bits per heavy atom. The Labute approximate surface area is 47.0 Å². The number of carbonyl (C=O) groups is 1. The van der Waals surface area contributed by atoms with E-state index in [0.29, 0.717) is 6.54 Å². The van der Waals surface area contributed by atoms with Crippen LogP contribution in [0.2, 0.25) is 0 Å². The maximum atomic E-state index is 10.4. The second kappa shape index (κ2) is 1.43. The first kappa shape index (κ1) is 5.53. The van der Waals surface area contributed by atoms with E-state index in [9.17, 15) is 4.79 Å². The molecule has 0 bridgehead atoms. The minimum atomic E-state index is -1.03. The fourth-order valence-electron chi connectivity index (χ4n) is 0.500. The SMILES string of the molecule is CO[C@]1(N)CNC1=O. The Bertz CT molecular complexity index is 121. The highest BCUT2D eigenvalue weighted by Gasteiger charge is 2.42. The van der Waals surface area contributed by atoms with Gasteiger partial charge >= 0.3 is 0 Å². The summed E-state index contributed by atoms with van der Waals surface area (Å²) in [7, 11) is 1.42. The largest absolute Gasteiger partial charge is 0.354 e. The molecule has 1 amide bonds. The maximum absolute atomic E-state index is 10.4. The van der Waals surface area contributed by atoms with Crippen molar-refractivity contribution in [3.8, 4) is 0 Å². The van der Waals surface area contributed by atoms with Crippen LogP contribution in [-0.4, -0.2) is 25.3 Å². The smallest absolute Gasteiger partial charge is 0.269 e. The molecule has 0 unspecified atom stereocenters. The number of β-lactam (4-membered cyclic amide) rings is 1. The average Bonchev–Trinajstić information content (AvgIpc) is 1.83. The molecule has 0 saturated carbocycles. The molecule has 1 aliphatic rings. The van der Waals surface area contributed by atoms with Gasteiger partial charge in [-0.05, 0) is 0 Å². The number of ether oxygens (including phenoxy) is 1. The van der Waals surface area contributed by atoms with E-state index in [2.05, 4.69) is 10.1 Å². The first-order chi connectivity index (χ1) is 3.69. The van der Waals surface area contributed by atoms with E-state index in [1.807, 2.05) is 0 Å². The Kier molecular flexibility index (Phi) is 0.988. The molecule has 1 fully saturated rings. The summed E-state index contributed by atoms with van der Waals surface area (Å²) in [6, 6.07) is 0. The Morgan fingerprint density at radius 1 is 2.00 bits per heavy atom. The number of nitrogens with one attached hydrogen (secondary N) is 1. The molecule has 1 atom stereocenters. The molecular weight excluding hydrogens is 108 g/mol. The van der Waals surface area contributed by atoms with Crippen LogP contribution >= 0.6 is 0 Å². The van der Waals surface area contributed by atoms with Crippen LogP contribution in [0.5, 0.6) is 0 Å². The standard InChI is InChI=1S/C4H8N2O2/c1-8-4(5)2-6-3(4)7/h2,5H2,1H3,(H,6,7)/t4-/m1/s1. The second-order valence-corrected chi connectivity index (χ2v) is 1.78. The normalized spacial score (nSPS) is 36.0. The molecule has 0 aromatic heterocycles. The van der Waals surface area contributed by atoms with Crippen LogP contribution < -0.4 is 11.1 Å². The average molecular weight is 116 g/mol. The van der Waals surface area contributed by atoms with Crippen molar-refractivity contribution in [2.45, 2.75) is 5.72 Å². The maximum Gasteiger partial charge on any atom is 0.269 e. The summed E-state index contributed by atoms with van der Waals surface area (Å²) < 4.78 is 4.65. The molecule has 0 aliphatic carbocycles. The first-order valence-corrected chi connectivity index (χ1v) is 2.31. The predicted octanol–water partition coefficient (Wildman–Crippen LogP) is -1.58. The predicted molar refractivity (Wildman–Crippen MR) is 26.9 cm³/mol. The van der Waals surface area contributed by atoms with Crippen LogP contribution in [0.15, 0.2) is 0 Å². The van der Waals surface area contributed by atoms with Crippen LogP contribution in [-0.2, 0) is 9.53 Å². The van der Waals surface area contributed by atoms with Gasteiger partial charge in [0, 0.05) is 7.11 Å². The summed E-state index contributed by atoms with van der Waals surface area (Å²) in [6.45, 7) is 0.419. The molecule has 1 saturated heterocycles. The molecule has 0 radical (unpaired) electrons. The molecule has 4 heteroatoms. The van der Waals surface area contributed by atoms with Gasteiger partial charge in [-0.2, -0.15) is 0 Å². The lowest BCUT2D eigenvalue weighted by atomic mass is 10.1. The third kappa shape index (κ3) is 0.502. The first-order valence-electron chi connectivity index (χ1n) is 2.31. The second-order valence-electron chi connectivity index (χ2n) is 1.78. The fraction of sp³-hybridized carbons (Fsp3) is 0.750. The van der Waals surface area contributed by atoms with Crippen LogP contribution in [0.25, 0.3) is 0 Å². The topological polar surface area (TPSA) is 64.3 Å². The van der Waals surface area contributed by atoms with Crippen molar-refractivity contribution in [2.24, 2.45) is 5.73 Å². The van der Waals surface area contributed by atoms with Gasteiger partial charge in [0.1, 0.15) is 0 Å². The quantitative estimate of drug-likeness (QED) is 0.321. The summed E-state index contributed by atoms with van der Waals surface area (Å²) in [6.07, 6.45) is 0. The molecule has 46 valence electrons. The van der Waals surface area contributed by atoms with E-state index in [4.69, 9.17) is 5.73 Å². The lowest BCUT2D eigenvalue weighted by molar-refractivity contribution is -0.155. The van der Waals surface area contributed by atoms with Gasteiger partial charge in [0.15, 0.2) is 0 Å². The highest BCUT2D eigenvalue weighted by atomic mass is 16.5. The third-order valence-corrected chi connectivity index (χ3v) is 1.26. The van der Waals surface area contributed by atoms with Crippen LogP contribution in [0.3, 0.4) is 0 Å². The zero-order chi connectivity index (χ0) is 6.20. The Balaban J connectivity index is 2.55. The van der Waals surface area contributed by atoms with Gasteiger partial charge in [-0.15, -0.1) is 0 Å². The van der Waals surface area contributed by atoms with Gasteiger partial charge in [-0.1, -0.05) is 0 Å². The summed E-state index contributed by atoms with van der Waals surface area (Å²) in [5, 5.41) is 2.46. The number of nitrogens with two attached hydrogens (primary N) is 1. The highest BCUT2D eigenvalue weighted by Crippen LogP contribution is 2.07. The molecule has 0 aromatic rings. The zero-order valence-electron chi connectivity index (χ0n) is 4.60. The van der Waals surface area contributed by atoms with Crippen molar-refractivity contribution in [3.63, 3.8) is 0 Å². The number of hydrogen-bond acceptors (Lipinski definition) is 3. The van der Waals surface area contributed by atoms with Gasteiger partial charge in [-0.25, -0.2) is 0 Å². The van der Waals surface area contributed by atoms with E-state index in [0.717, 1.165) is 0 Å². The lowest BCUT2D eigenvalue weighted by Crippen LogP contribution is -2.71. The summed E-state index contributed by atoms with van der Waals surface area (Å²) in [5.41, 5.74) is 4.28. The van der Waals surface area contributed by atoms with Gasteiger partial charge in [0.05, 0.1) is 6.54 Å². The van der Waals surface area contributed by atoms with Crippen molar-refractivity contribution in [2.75, 3.05) is 13.7 Å². The number of methoxy groups -OCH3 is 1. The number of rotatable bonds is 1. The van der Waals surface area contributed by atoms with E-state index in [1.54, 1.807) is 0 Å².